The van der Waals surface area contributed by atoms with Gasteiger partial charge in [-0.1, -0.05) is 43.6 Å². The van der Waals surface area contributed by atoms with Gasteiger partial charge in [-0.15, -0.1) is 0 Å². The van der Waals surface area contributed by atoms with Crippen LogP contribution in [-0.2, 0) is 11.3 Å². The summed E-state index contributed by atoms with van der Waals surface area (Å²) in [6.45, 7) is 5.10. The molecule has 1 N–H and O–H groups in total. The molecule has 1 aromatic carbocycles. The van der Waals surface area contributed by atoms with Crippen LogP contribution in [0.3, 0.4) is 0 Å². The van der Waals surface area contributed by atoms with E-state index in [1.165, 1.54) is 0 Å². The quantitative estimate of drug-likeness (QED) is 0.850. The molecule has 4 heteroatoms. The smallest absolute Gasteiger partial charge is 0.320 e. The van der Waals surface area contributed by atoms with Gasteiger partial charge in [0.1, 0.15) is 6.04 Å². The van der Waals surface area contributed by atoms with E-state index >= 15 is 0 Å². The average molecular weight is 256 g/mol. The molecule has 0 saturated heterocycles. The van der Waals surface area contributed by atoms with Crippen molar-refractivity contribution < 1.29 is 9.90 Å². The molecule has 0 aliphatic carbocycles. The molecule has 0 fully saturated rings. The molecule has 1 rings (SSSR count). The molecule has 0 aliphatic heterocycles. The Morgan fingerprint density at radius 2 is 2.06 bits per heavy atom. The van der Waals surface area contributed by atoms with Crippen molar-refractivity contribution in [1.29, 1.82) is 0 Å². The van der Waals surface area contributed by atoms with E-state index < -0.39 is 12.0 Å². The van der Waals surface area contributed by atoms with Crippen LogP contribution in [-0.4, -0.2) is 28.6 Å². The zero-order valence-electron chi connectivity index (χ0n) is 10.2. The van der Waals surface area contributed by atoms with Crippen molar-refractivity contribution in [2.24, 2.45) is 0 Å². The fourth-order valence-electron chi connectivity index (χ4n) is 1.88. The highest BCUT2D eigenvalue weighted by Crippen LogP contribution is 2.18. The topological polar surface area (TPSA) is 40.5 Å². The van der Waals surface area contributed by atoms with Crippen LogP contribution in [0.5, 0.6) is 0 Å². The van der Waals surface area contributed by atoms with E-state index in [0.717, 1.165) is 5.56 Å². The summed E-state index contributed by atoms with van der Waals surface area (Å²) in [6.07, 6.45) is 0.591. The Kier molecular flexibility index (Phi) is 5.45. The van der Waals surface area contributed by atoms with Crippen LogP contribution >= 0.6 is 11.6 Å². The van der Waals surface area contributed by atoms with Gasteiger partial charge in [0.05, 0.1) is 0 Å². The number of halogens is 1. The van der Waals surface area contributed by atoms with Gasteiger partial charge in [-0.05, 0) is 24.6 Å². The Morgan fingerprint density at radius 3 is 2.53 bits per heavy atom. The van der Waals surface area contributed by atoms with E-state index in [9.17, 15) is 4.79 Å². The lowest BCUT2D eigenvalue weighted by Crippen LogP contribution is -2.40. The summed E-state index contributed by atoms with van der Waals surface area (Å²) in [6, 6.07) is 7.09. The third-order valence-electron chi connectivity index (χ3n) is 2.85. The number of benzene rings is 1. The van der Waals surface area contributed by atoms with Gasteiger partial charge in [-0.25, -0.2) is 0 Å². The molecule has 0 saturated carbocycles. The molecule has 17 heavy (non-hydrogen) atoms. The SMILES string of the molecule is CCC(C(=O)O)N(CC)Cc1ccccc1Cl. The summed E-state index contributed by atoms with van der Waals surface area (Å²) in [4.78, 5) is 13.1. The molecule has 0 spiro atoms. The summed E-state index contributed by atoms with van der Waals surface area (Å²) in [5.74, 6) is -0.776. The first-order chi connectivity index (χ1) is 8.10. The molecule has 1 atom stereocenters. The lowest BCUT2D eigenvalue weighted by Gasteiger charge is -2.27. The molecule has 3 nitrogen and oxygen atoms in total. The predicted molar refractivity (Wildman–Crippen MR) is 69.3 cm³/mol. The second kappa shape index (κ2) is 6.62. The lowest BCUT2D eigenvalue weighted by atomic mass is 10.1. The van der Waals surface area contributed by atoms with Gasteiger partial charge >= 0.3 is 5.97 Å². The molecular formula is C13H18ClNO2. The second-order valence-corrected chi connectivity index (χ2v) is 4.32. The van der Waals surface area contributed by atoms with Crippen LogP contribution in [0.25, 0.3) is 0 Å². The van der Waals surface area contributed by atoms with Gasteiger partial charge in [0, 0.05) is 11.6 Å². The maximum absolute atomic E-state index is 11.1. The minimum atomic E-state index is -0.776. The Balaban J connectivity index is 2.83. The van der Waals surface area contributed by atoms with E-state index in [4.69, 9.17) is 16.7 Å². The second-order valence-electron chi connectivity index (χ2n) is 3.92. The molecular weight excluding hydrogens is 238 g/mol. The monoisotopic (exact) mass is 255 g/mol. The van der Waals surface area contributed by atoms with Crippen molar-refractivity contribution in [1.82, 2.24) is 4.90 Å². The highest BCUT2D eigenvalue weighted by Gasteiger charge is 2.22. The van der Waals surface area contributed by atoms with Crippen molar-refractivity contribution in [2.45, 2.75) is 32.9 Å². The Bertz CT molecular complexity index is 381. The number of nitrogens with zero attached hydrogens (tertiary/aromatic N) is 1. The van der Waals surface area contributed by atoms with Crippen molar-refractivity contribution in [3.63, 3.8) is 0 Å². The fourth-order valence-corrected chi connectivity index (χ4v) is 2.07. The van der Waals surface area contributed by atoms with E-state index in [0.29, 0.717) is 24.5 Å². The lowest BCUT2D eigenvalue weighted by molar-refractivity contribution is -0.143. The van der Waals surface area contributed by atoms with E-state index in [1.54, 1.807) is 0 Å². The Labute approximate surface area is 107 Å². The molecule has 0 amide bonds. The van der Waals surface area contributed by atoms with Crippen LogP contribution in [0.15, 0.2) is 24.3 Å². The summed E-state index contributed by atoms with van der Waals surface area (Å²) in [5.41, 5.74) is 0.968. The molecule has 0 aliphatic rings. The molecule has 1 aromatic rings. The van der Waals surface area contributed by atoms with Gasteiger partial charge in [0.2, 0.25) is 0 Å². The van der Waals surface area contributed by atoms with Crippen molar-refractivity contribution in [3.05, 3.63) is 34.9 Å². The zero-order chi connectivity index (χ0) is 12.8. The largest absolute Gasteiger partial charge is 0.480 e. The number of hydrogen-bond donors (Lipinski definition) is 1. The zero-order valence-corrected chi connectivity index (χ0v) is 10.9. The van der Waals surface area contributed by atoms with Crippen LogP contribution in [0.1, 0.15) is 25.8 Å². The molecule has 1 unspecified atom stereocenters. The standard InChI is InChI=1S/C13H18ClNO2/c1-3-12(13(16)17)15(4-2)9-10-7-5-6-8-11(10)14/h5-8,12H,3-4,9H2,1-2H3,(H,16,17). The summed E-state index contributed by atoms with van der Waals surface area (Å²) < 4.78 is 0. The first-order valence-electron chi connectivity index (χ1n) is 5.80. The Morgan fingerprint density at radius 1 is 1.41 bits per heavy atom. The fraction of sp³-hybridized carbons (Fsp3) is 0.462. The summed E-state index contributed by atoms with van der Waals surface area (Å²) in [7, 11) is 0. The van der Waals surface area contributed by atoms with E-state index in [1.807, 2.05) is 43.0 Å². The molecule has 0 bridgehead atoms. The van der Waals surface area contributed by atoms with Gasteiger partial charge in [0.15, 0.2) is 0 Å². The number of rotatable bonds is 6. The van der Waals surface area contributed by atoms with Crippen LogP contribution in [0.4, 0.5) is 0 Å². The first-order valence-corrected chi connectivity index (χ1v) is 6.18. The van der Waals surface area contributed by atoms with Crippen molar-refractivity contribution in [3.8, 4) is 0 Å². The maximum Gasteiger partial charge on any atom is 0.320 e. The molecule has 0 radical (unpaired) electrons. The highest BCUT2D eigenvalue weighted by molar-refractivity contribution is 6.31. The minimum Gasteiger partial charge on any atom is -0.480 e. The highest BCUT2D eigenvalue weighted by atomic mass is 35.5. The van der Waals surface area contributed by atoms with Gasteiger partial charge in [0.25, 0.3) is 0 Å². The molecule has 94 valence electrons. The first kappa shape index (κ1) is 14.0. The third kappa shape index (κ3) is 3.72. The van der Waals surface area contributed by atoms with Gasteiger partial charge in [-0.3, -0.25) is 9.69 Å². The summed E-state index contributed by atoms with van der Waals surface area (Å²) in [5, 5.41) is 9.83. The molecule has 0 heterocycles. The number of carbonyl (C=O) groups is 1. The third-order valence-corrected chi connectivity index (χ3v) is 3.22. The molecule has 0 aromatic heterocycles. The van der Waals surface area contributed by atoms with Crippen molar-refractivity contribution in [2.75, 3.05) is 6.54 Å². The normalized spacial score (nSPS) is 12.7. The van der Waals surface area contributed by atoms with Crippen LogP contribution in [0.2, 0.25) is 5.02 Å². The average Bonchev–Trinajstić information content (AvgIpc) is 2.30. The number of hydrogen-bond acceptors (Lipinski definition) is 2. The number of carboxylic acids is 1. The number of likely N-dealkylation sites (N-methyl/N-ethyl adjacent to an activating group) is 1. The van der Waals surface area contributed by atoms with Crippen LogP contribution < -0.4 is 0 Å². The maximum atomic E-state index is 11.1. The van der Waals surface area contributed by atoms with Crippen LogP contribution in [0, 0.1) is 0 Å². The van der Waals surface area contributed by atoms with Gasteiger partial charge in [-0.2, -0.15) is 0 Å². The summed E-state index contributed by atoms with van der Waals surface area (Å²) >= 11 is 6.08. The van der Waals surface area contributed by atoms with Gasteiger partial charge < -0.3 is 5.11 Å². The van der Waals surface area contributed by atoms with E-state index in [-0.39, 0.29) is 0 Å². The van der Waals surface area contributed by atoms with E-state index in [2.05, 4.69) is 0 Å². The number of carboxylic acid groups (broad SMARTS) is 1. The number of aliphatic carboxylic acids is 1. The minimum absolute atomic E-state index is 0.448. The van der Waals surface area contributed by atoms with Crippen molar-refractivity contribution >= 4 is 17.6 Å². The Hall–Kier alpha value is -1.06. The predicted octanol–water partition coefficient (Wildman–Crippen LogP) is 3.03.